The lowest BCUT2D eigenvalue weighted by molar-refractivity contribution is -0.156. The molecule has 0 aliphatic heterocycles. The van der Waals surface area contributed by atoms with Crippen LogP contribution < -0.4 is 11.5 Å². The van der Waals surface area contributed by atoms with Gasteiger partial charge in [0, 0.05) is 0 Å². The van der Waals surface area contributed by atoms with Gasteiger partial charge in [-0.1, -0.05) is 19.3 Å². The number of carbonyl (C=O) groups excluding carboxylic acids is 1. The predicted molar refractivity (Wildman–Crippen MR) is 70.4 cm³/mol. The summed E-state index contributed by atoms with van der Waals surface area (Å²) in [6.07, 6.45) is 4.61. The number of rotatable bonds is 6. The quantitative estimate of drug-likeness (QED) is 0.611. The summed E-state index contributed by atoms with van der Waals surface area (Å²) in [6.45, 7) is 1.95. The van der Waals surface area contributed by atoms with Crippen LogP contribution in [0.3, 0.4) is 0 Å². The molecule has 1 fully saturated rings. The molecule has 19 heavy (non-hydrogen) atoms. The fourth-order valence-electron chi connectivity index (χ4n) is 2.58. The van der Waals surface area contributed by atoms with Crippen molar-refractivity contribution < 1.29 is 19.4 Å². The summed E-state index contributed by atoms with van der Waals surface area (Å²) < 4.78 is 5.10. The molecule has 6 heteroatoms. The van der Waals surface area contributed by atoms with Crippen molar-refractivity contribution in [3.05, 3.63) is 0 Å². The second kappa shape index (κ2) is 6.86. The lowest BCUT2D eigenvalue weighted by Gasteiger charge is -2.35. The van der Waals surface area contributed by atoms with E-state index in [1.165, 1.54) is 13.3 Å². The van der Waals surface area contributed by atoms with E-state index >= 15 is 0 Å². The summed E-state index contributed by atoms with van der Waals surface area (Å²) in [5.74, 6) is -1.58. The molecule has 0 heterocycles. The molecule has 1 aliphatic rings. The molecule has 0 aromatic rings. The van der Waals surface area contributed by atoms with E-state index in [0.29, 0.717) is 6.54 Å². The molecule has 0 spiro atoms. The zero-order chi connectivity index (χ0) is 14.5. The average molecular weight is 272 g/mol. The van der Waals surface area contributed by atoms with E-state index in [1.807, 2.05) is 0 Å². The number of hydrogen-bond acceptors (Lipinski definition) is 5. The molecule has 6 nitrogen and oxygen atoms in total. The van der Waals surface area contributed by atoms with Gasteiger partial charge in [0.2, 0.25) is 0 Å². The third-order valence-corrected chi connectivity index (χ3v) is 3.97. The molecule has 0 bridgehead atoms. The highest BCUT2D eigenvalue weighted by Crippen LogP contribution is 2.38. The summed E-state index contributed by atoms with van der Waals surface area (Å²) >= 11 is 0. The van der Waals surface area contributed by atoms with Crippen LogP contribution in [0.15, 0.2) is 0 Å². The van der Waals surface area contributed by atoms with Crippen LogP contribution in [-0.2, 0) is 14.3 Å². The van der Waals surface area contributed by atoms with Gasteiger partial charge >= 0.3 is 11.9 Å². The smallest absolute Gasteiger partial charge is 0.324 e. The van der Waals surface area contributed by atoms with Gasteiger partial charge in [-0.2, -0.15) is 0 Å². The van der Waals surface area contributed by atoms with Gasteiger partial charge in [0.15, 0.2) is 0 Å². The van der Waals surface area contributed by atoms with Crippen molar-refractivity contribution in [2.75, 3.05) is 6.54 Å². The Morgan fingerprint density at radius 2 is 1.89 bits per heavy atom. The van der Waals surface area contributed by atoms with E-state index in [4.69, 9.17) is 21.3 Å². The zero-order valence-corrected chi connectivity index (χ0v) is 11.4. The van der Waals surface area contributed by atoms with Crippen molar-refractivity contribution in [3.63, 3.8) is 0 Å². The minimum Gasteiger partial charge on any atom is -0.480 e. The van der Waals surface area contributed by atoms with E-state index in [0.717, 1.165) is 25.7 Å². The van der Waals surface area contributed by atoms with E-state index in [2.05, 4.69) is 0 Å². The molecular weight excluding hydrogens is 248 g/mol. The molecular formula is C13H24N2O4. The third-order valence-electron chi connectivity index (χ3n) is 3.97. The number of aliphatic carboxylic acids is 1. The first-order valence-electron chi connectivity index (χ1n) is 6.78. The molecule has 1 aliphatic carbocycles. The minimum absolute atomic E-state index is 0.178. The van der Waals surface area contributed by atoms with Crippen molar-refractivity contribution in [2.45, 2.75) is 57.6 Å². The Hall–Kier alpha value is -1.14. The number of nitrogens with two attached hydrogens (primary N) is 2. The first-order valence-corrected chi connectivity index (χ1v) is 6.78. The lowest BCUT2D eigenvalue weighted by atomic mass is 9.72. The maximum absolute atomic E-state index is 11.9. The molecule has 0 saturated heterocycles. The highest BCUT2D eigenvalue weighted by atomic mass is 16.5. The Balaban J connectivity index is 2.51. The topological polar surface area (TPSA) is 116 Å². The van der Waals surface area contributed by atoms with Gasteiger partial charge in [-0.3, -0.25) is 9.59 Å². The predicted octanol–water partition coefficient (Wildman–Crippen LogP) is 0.629. The highest BCUT2D eigenvalue weighted by molar-refractivity contribution is 5.75. The van der Waals surface area contributed by atoms with Crippen LogP contribution in [0.2, 0.25) is 0 Å². The van der Waals surface area contributed by atoms with Gasteiger partial charge in [-0.05, 0) is 31.7 Å². The number of esters is 1. The van der Waals surface area contributed by atoms with Gasteiger partial charge in [-0.25, -0.2) is 0 Å². The largest absolute Gasteiger partial charge is 0.480 e. The first-order chi connectivity index (χ1) is 8.90. The van der Waals surface area contributed by atoms with Gasteiger partial charge in [0.1, 0.15) is 12.1 Å². The zero-order valence-electron chi connectivity index (χ0n) is 11.4. The normalized spacial score (nSPS) is 21.4. The fraction of sp³-hybridized carbons (Fsp3) is 0.846. The van der Waals surface area contributed by atoms with Crippen LogP contribution >= 0.6 is 0 Å². The second-order valence-electron chi connectivity index (χ2n) is 5.50. The van der Waals surface area contributed by atoms with Gasteiger partial charge in [-0.15, -0.1) is 0 Å². The fourth-order valence-corrected chi connectivity index (χ4v) is 2.58. The molecule has 0 radical (unpaired) electrons. The molecule has 0 unspecified atom stereocenters. The van der Waals surface area contributed by atoms with Crippen LogP contribution in [0.1, 0.15) is 45.4 Å². The number of carboxylic acid groups (broad SMARTS) is 1. The van der Waals surface area contributed by atoms with Crippen molar-refractivity contribution in [1.29, 1.82) is 0 Å². The van der Waals surface area contributed by atoms with E-state index in [1.54, 1.807) is 0 Å². The summed E-state index contributed by atoms with van der Waals surface area (Å²) in [5.41, 5.74) is 11.0. The standard InChI is InChI=1S/C13H24N2O4/c1-9(11(15)12(17)18)19-10(16)7-13(8-14)5-3-2-4-6-13/h9,11H,2-8,14-15H2,1H3,(H,17,18)/t9-,11+/m1/s1. The molecule has 0 aromatic heterocycles. The Morgan fingerprint density at radius 1 is 1.32 bits per heavy atom. The van der Waals surface area contributed by atoms with Crippen LogP contribution in [0.5, 0.6) is 0 Å². The first kappa shape index (κ1) is 15.9. The maximum atomic E-state index is 11.9. The molecule has 0 aromatic carbocycles. The number of carboxylic acids is 1. The van der Waals surface area contributed by atoms with Gasteiger partial charge in [0.25, 0.3) is 0 Å². The summed E-state index contributed by atoms with van der Waals surface area (Å²) in [4.78, 5) is 22.6. The van der Waals surface area contributed by atoms with Crippen molar-refractivity contribution in [1.82, 2.24) is 0 Å². The molecule has 1 rings (SSSR count). The Bertz CT molecular complexity index is 327. The number of ether oxygens (including phenoxy) is 1. The maximum Gasteiger partial charge on any atom is 0.324 e. The number of hydrogen-bond donors (Lipinski definition) is 3. The van der Waals surface area contributed by atoms with Crippen LogP contribution in [0.4, 0.5) is 0 Å². The van der Waals surface area contributed by atoms with Crippen LogP contribution in [0, 0.1) is 5.41 Å². The molecule has 5 N–H and O–H groups in total. The second-order valence-corrected chi connectivity index (χ2v) is 5.50. The summed E-state index contributed by atoms with van der Waals surface area (Å²) in [6, 6.07) is -1.19. The molecule has 2 atom stereocenters. The Morgan fingerprint density at radius 3 is 2.37 bits per heavy atom. The Labute approximate surface area is 113 Å². The van der Waals surface area contributed by atoms with Crippen molar-refractivity contribution in [3.8, 4) is 0 Å². The van der Waals surface area contributed by atoms with Crippen molar-refractivity contribution >= 4 is 11.9 Å². The average Bonchev–Trinajstić information content (AvgIpc) is 2.38. The third kappa shape index (κ3) is 4.47. The number of carbonyl (C=O) groups is 2. The summed E-state index contributed by atoms with van der Waals surface area (Å²) in [7, 11) is 0. The molecule has 1 saturated carbocycles. The van der Waals surface area contributed by atoms with Gasteiger partial charge < -0.3 is 21.3 Å². The monoisotopic (exact) mass is 272 g/mol. The lowest BCUT2D eigenvalue weighted by Crippen LogP contribution is -2.43. The molecule has 0 amide bonds. The van der Waals surface area contributed by atoms with Crippen molar-refractivity contribution in [2.24, 2.45) is 16.9 Å². The van der Waals surface area contributed by atoms with E-state index in [-0.39, 0.29) is 11.8 Å². The van der Waals surface area contributed by atoms with Crippen LogP contribution in [0.25, 0.3) is 0 Å². The van der Waals surface area contributed by atoms with Crippen LogP contribution in [-0.4, -0.2) is 35.7 Å². The van der Waals surface area contributed by atoms with Gasteiger partial charge in [0.05, 0.1) is 6.42 Å². The van der Waals surface area contributed by atoms with E-state index < -0.39 is 24.1 Å². The molecule has 110 valence electrons. The van der Waals surface area contributed by atoms with E-state index in [9.17, 15) is 9.59 Å². The summed E-state index contributed by atoms with van der Waals surface area (Å²) in [5, 5.41) is 8.75. The Kier molecular flexibility index (Phi) is 5.75. The SMILES string of the molecule is C[C@@H](OC(=O)CC1(CN)CCCCC1)[C@H](N)C(=O)O. The minimum atomic E-state index is -1.19. The highest BCUT2D eigenvalue weighted by Gasteiger charge is 2.34.